The quantitative estimate of drug-likeness (QED) is 0.849. The van der Waals surface area contributed by atoms with Gasteiger partial charge in [-0.3, -0.25) is 0 Å². The Labute approximate surface area is 133 Å². The highest BCUT2D eigenvalue weighted by Gasteiger charge is 2.17. The number of nitrogens with one attached hydrogen (secondary N) is 2. The minimum absolute atomic E-state index is 0.176. The second-order valence-electron chi connectivity index (χ2n) is 5.89. The Bertz CT molecular complexity index is 473. The van der Waals surface area contributed by atoms with E-state index >= 15 is 0 Å². The van der Waals surface area contributed by atoms with Crippen LogP contribution in [0.1, 0.15) is 32.1 Å². The SMILES string of the molecule is COc1cccc(NC(=O)NCCN(C)C2CCCCC2)c1. The van der Waals surface area contributed by atoms with E-state index in [1.54, 1.807) is 13.2 Å². The Hall–Kier alpha value is -1.75. The van der Waals surface area contributed by atoms with Crippen LogP contribution < -0.4 is 15.4 Å². The van der Waals surface area contributed by atoms with Gasteiger partial charge in [0.2, 0.25) is 0 Å². The summed E-state index contributed by atoms with van der Waals surface area (Å²) in [5.74, 6) is 0.731. The first kappa shape index (κ1) is 16.6. The van der Waals surface area contributed by atoms with E-state index in [9.17, 15) is 4.79 Å². The van der Waals surface area contributed by atoms with Gasteiger partial charge >= 0.3 is 6.03 Å². The monoisotopic (exact) mass is 305 g/mol. The van der Waals surface area contributed by atoms with Crippen LogP contribution in [-0.4, -0.2) is 44.2 Å². The average Bonchev–Trinajstić information content (AvgIpc) is 2.55. The summed E-state index contributed by atoms with van der Waals surface area (Å²) in [6.07, 6.45) is 6.60. The number of carbonyl (C=O) groups excluding carboxylic acids is 1. The molecule has 2 amide bonds. The molecular weight excluding hydrogens is 278 g/mol. The first-order chi connectivity index (χ1) is 10.7. The van der Waals surface area contributed by atoms with Gasteiger partial charge in [0.1, 0.15) is 5.75 Å². The van der Waals surface area contributed by atoms with Crippen molar-refractivity contribution in [2.75, 3.05) is 32.6 Å². The summed E-state index contributed by atoms with van der Waals surface area (Å²) in [4.78, 5) is 14.3. The highest BCUT2D eigenvalue weighted by molar-refractivity contribution is 5.89. The lowest BCUT2D eigenvalue weighted by molar-refractivity contribution is 0.192. The van der Waals surface area contributed by atoms with E-state index in [0.717, 1.165) is 18.0 Å². The molecule has 0 atom stereocenters. The summed E-state index contributed by atoms with van der Waals surface area (Å²) in [6.45, 7) is 1.54. The maximum atomic E-state index is 11.9. The Morgan fingerprint density at radius 3 is 2.82 bits per heavy atom. The lowest BCUT2D eigenvalue weighted by Gasteiger charge is -2.31. The van der Waals surface area contributed by atoms with Gasteiger partial charge in [-0.25, -0.2) is 4.79 Å². The van der Waals surface area contributed by atoms with E-state index in [-0.39, 0.29) is 6.03 Å². The third kappa shape index (κ3) is 5.22. The third-order valence-electron chi connectivity index (χ3n) is 4.28. The van der Waals surface area contributed by atoms with Gasteiger partial charge < -0.3 is 20.3 Å². The highest BCUT2D eigenvalue weighted by Crippen LogP contribution is 2.21. The molecule has 122 valence electrons. The van der Waals surface area contributed by atoms with Crippen molar-refractivity contribution < 1.29 is 9.53 Å². The van der Waals surface area contributed by atoms with Crippen LogP contribution in [0.25, 0.3) is 0 Å². The van der Waals surface area contributed by atoms with Crippen molar-refractivity contribution in [3.05, 3.63) is 24.3 Å². The van der Waals surface area contributed by atoms with E-state index in [4.69, 9.17) is 4.74 Å². The van der Waals surface area contributed by atoms with Crippen LogP contribution in [0, 0.1) is 0 Å². The van der Waals surface area contributed by atoms with Gasteiger partial charge in [-0.05, 0) is 32.0 Å². The molecule has 0 aliphatic heterocycles. The molecule has 1 aromatic carbocycles. The number of urea groups is 1. The van der Waals surface area contributed by atoms with Crippen molar-refractivity contribution in [2.45, 2.75) is 38.1 Å². The van der Waals surface area contributed by atoms with Crippen LogP contribution in [0.5, 0.6) is 5.75 Å². The normalized spacial score (nSPS) is 15.6. The maximum absolute atomic E-state index is 11.9. The number of rotatable bonds is 6. The number of carbonyl (C=O) groups is 1. The minimum Gasteiger partial charge on any atom is -0.497 e. The molecular formula is C17H27N3O2. The van der Waals surface area contributed by atoms with Gasteiger partial charge in [0, 0.05) is 30.9 Å². The molecule has 1 saturated carbocycles. The number of benzene rings is 1. The zero-order valence-electron chi connectivity index (χ0n) is 13.6. The number of hydrogen-bond acceptors (Lipinski definition) is 3. The van der Waals surface area contributed by atoms with Gasteiger partial charge in [-0.1, -0.05) is 25.3 Å². The number of anilines is 1. The van der Waals surface area contributed by atoms with Crippen molar-refractivity contribution in [2.24, 2.45) is 0 Å². The second-order valence-corrected chi connectivity index (χ2v) is 5.89. The molecule has 2 rings (SSSR count). The Balaban J connectivity index is 1.68. The van der Waals surface area contributed by atoms with Crippen LogP contribution in [0.3, 0.4) is 0 Å². The molecule has 1 fully saturated rings. The fourth-order valence-corrected chi connectivity index (χ4v) is 2.93. The summed E-state index contributed by atoms with van der Waals surface area (Å²) in [5, 5.41) is 5.73. The fraction of sp³-hybridized carbons (Fsp3) is 0.588. The molecule has 1 aliphatic carbocycles. The van der Waals surface area contributed by atoms with Gasteiger partial charge in [-0.15, -0.1) is 0 Å². The maximum Gasteiger partial charge on any atom is 0.319 e. The molecule has 0 heterocycles. The summed E-state index contributed by atoms with van der Waals surface area (Å²) < 4.78 is 5.14. The molecule has 1 aliphatic rings. The molecule has 0 aromatic heterocycles. The Morgan fingerprint density at radius 2 is 2.09 bits per heavy atom. The van der Waals surface area contributed by atoms with Crippen LogP contribution in [0.2, 0.25) is 0 Å². The van der Waals surface area contributed by atoms with Crippen molar-refractivity contribution >= 4 is 11.7 Å². The van der Waals surface area contributed by atoms with Crippen LogP contribution >= 0.6 is 0 Å². The largest absolute Gasteiger partial charge is 0.497 e. The van der Waals surface area contributed by atoms with Crippen LogP contribution in [0.4, 0.5) is 10.5 Å². The minimum atomic E-state index is -0.176. The lowest BCUT2D eigenvalue weighted by Crippen LogP contribution is -2.40. The summed E-state index contributed by atoms with van der Waals surface area (Å²) >= 11 is 0. The smallest absolute Gasteiger partial charge is 0.319 e. The predicted molar refractivity (Wildman–Crippen MR) is 89.5 cm³/mol. The molecule has 0 radical (unpaired) electrons. The zero-order valence-corrected chi connectivity index (χ0v) is 13.6. The molecule has 0 saturated heterocycles. The van der Waals surface area contributed by atoms with Crippen molar-refractivity contribution in [3.8, 4) is 5.75 Å². The zero-order chi connectivity index (χ0) is 15.8. The van der Waals surface area contributed by atoms with Gasteiger partial charge in [-0.2, -0.15) is 0 Å². The second kappa shape index (κ2) is 8.63. The van der Waals surface area contributed by atoms with E-state index in [2.05, 4.69) is 22.6 Å². The predicted octanol–water partition coefficient (Wildman–Crippen LogP) is 3.08. The molecule has 0 spiro atoms. The molecule has 0 bridgehead atoms. The van der Waals surface area contributed by atoms with Crippen LogP contribution in [0.15, 0.2) is 24.3 Å². The molecule has 0 unspecified atom stereocenters. The number of methoxy groups -OCH3 is 1. The van der Waals surface area contributed by atoms with Crippen LogP contribution in [-0.2, 0) is 0 Å². The lowest BCUT2D eigenvalue weighted by atomic mass is 9.94. The molecule has 5 heteroatoms. The van der Waals surface area contributed by atoms with Crippen molar-refractivity contribution in [3.63, 3.8) is 0 Å². The molecule has 5 nitrogen and oxygen atoms in total. The van der Waals surface area contributed by atoms with Gasteiger partial charge in [0.25, 0.3) is 0 Å². The summed E-state index contributed by atoms with van der Waals surface area (Å²) in [5.41, 5.74) is 0.734. The van der Waals surface area contributed by atoms with E-state index in [1.165, 1.54) is 32.1 Å². The number of nitrogens with zero attached hydrogens (tertiary/aromatic N) is 1. The number of hydrogen-bond donors (Lipinski definition) is 2. The highest BCUT2D eigenvalue weighted by atomic mass is 16.5. The third-order valence-corrected chi connectivity index (χ3v) is 4.28. The van der Waals surface area contributed by atoms with E-state index < -0.39 is 0 Å². The molecule has 1 aromatic rings. The number of amides is 2. The molecule has 2 N–H and O–H groups in total. The van der Waals surface area contributed by atoms with Gasteiger partial charge in [0.15, 0.2) is 0 Å². The van der Waals surface area contributed by atoms with E-state index in [1.807, 2.05) is 18.2 Å². The standard InChI is InChI=1S/C17H27N3O2/c1-20(15-8-4-3-5-9-15)12-11-18-17(21)19-14-7-6-10-16(13-14)22-2/h6-7,10,13,15H,3-5,8-9,11-12H2,1-2H3,(H2,18,19,21). The summed E-state index contributed by atoms with van der Waals surface area (Å²) in [6, 6.07) is 7.85. The van der Waals surface area contributed by atoms with E-state index in [0.29, 0.717) is 12.6 Å². The molecule has 22 heavy (non-hydrogen) atoms. The topological polar surface area (TPSA) is 53.6 Å². The van der Waals surface area contributed by atoms with Crippen molar-refractivity contribution in [1.29, 1.82) is 0 Å². The fourth-order valence-electron chi connectivity index (χ4n) is 2.93. The number of likely N-dealkylation sites (N-methyl/N-ethyl adjacent to an activating group) is 1. The van der Waals surface area contributed by atoms with Crippen molar-refractivity contribution in [1.82, 2.24) is 10.2 Å². The number of ether oxygens (including phenoxy) is 1. The average molecular weight is 305 g/mol. The Kier molecular flexibility index (Phi) is 6.52. The summed E-state index contributed by atoms with van der Waals surface area (Å²) in [7, 11) is 3.76. The first-order valence-electron chi connectivity index (χ1n) is 8.08. The van der Waals surface area contributed by atoms with Gasteiger partial charge in [0.05, 0.1) is 7.11 Å². The Morgan fingerprint density at radius 1 is 1.32 bits per heavy atom. The first-order valence-corrected chi connectivity index (χ1v) is 8.08.